The first-order valence-corrected chi connectivity index (χ1v) is 11.8. The van der Waals surface area contributed by atoms with E-state index in [-0.39, 0.29) is 5.97 Å². The molecule has 3 heterocycles. The molecule has 4 aromatic rings. The number of morpholine rings is 1. The van der Waals surface area contributed by atoms with Crippen LogP contribution in [-0.2, 0) is 9.47 Å². The summed E-state index contributed by atoms with van der Waals surface area (Å²) < 4.78 is 11.6. The van der Waals surface area contributed by atoms with Gasteiger partial charge in [-0.1, -0.05) is 12.1 Å². The number of hydrogen-bond donors (Lipinski definition) is 1. The molecule has 0 amide bonds. The van der Waals surface area contributed by atoms with E-state index in [1.54, 1.807) is 24.3 Å². The largest absolute Gasteiger partial charge is 0.462 e. The van der Waals surface area contributed by atoms with Gasteiger partial charge >= 0.3 is 5.97 Å². The molecule has 2 aromatic heterocycles. The minimum atomic E-state index is -0.323. The predicted octanol–water partition coefficient (Wildman–Crippen LogP) is 5.12. The number of fused-ring (bicyclic) bond motifs is 1. The molecule has 1 N–H and O–H groups in total. The van der Waals surface area contributed by atoms with Gasteiger partial charge in [-0.05, 0) is 48.9 Å². The van der Waals surface area contributed by atoms with E-state index in [1.807, 2.05) is 41.9 Å². The number of nitrogens with one attached hydrogen (secondary N) is 1. The van der Waals surface area contributed by atoms with E-state index < -0.39 is 0 Å². The van der Waals surface area contributed by atoms with Crippen LogP contribution in [0, 0.1) is 0 Å². The molecular formula is C25H24N4O3S. The van der Waals surface area contributed by atoms with Crippen molar-refractivity contribution in [3.8, 4) is 11.1 Å². The van der Waals surface area contributed by atoms with Crippen molar-refractivity contribution in [1.82, 2.24) is 9.97 Å². The molecule has 0 atom stereocenters. The maximum absolute atomic E-state index is 12.1. The Balaban J connectivity index is 1.38. The second-order valence-corrected chi connectivity index (χ2v) is 8.54. The zero-order valence-corrected chi connectivity index (χ0v) is 19.1. The maximum Gasteiger partial charge on any atom is 0.338 e. The number of rotatable bonds is 6. The molecule has 0 aliphatic carbocycles. The Morgan fingerprint density at radius 3 is 2.79 bits per heavy atom. The lowest BCUT2D eigenvalue weighted by molar-refractivity contribution is 0.0526. The zero-order valence-electron chi connectivity index (χ0n) is 18.3. The molecule has 33 heavy (non-hydrogen) atoms. The third-order valence-corrected chi connectivity index (χ3v) is 6.40. The summed E-state index contributed by atoms with van der Waals surface area (Å²) in [6.07, 6.45) is 1.83. The zero-order chi connectivity index (χ0) is 22.6. The van der Waals surface area contributed by atoms with E-state index in [0.717, 1.165) is 53.3 Å². The van der Waals surface area contributed by atoms with Gasteiger partial charge in [-0.15, -0.1) is 11.3 Å². The van der Waals surface area contributed by atoms with Gasteiger partial charge in [-0.2, -0.15) is 0 Å². The summed E-state index contributed by atoms with van der Waals surface area (Å²) >= 11 is 1.58. The standard InChI is InChI=1S/C25H24N4O3S/c1-2-32-24(30)18-5-3-4-17(14-18)21-16-33-22-15-26-25(28-23(21)22)27-19-6-8-20(9-7-19)29-10-12-31-13-11-29/h3-9,14-16H,2,10-13H2,1H3,(H,26,27,28). The molecular weight excluding hydrogens is 436 g/mol. The van der Waals surface area contributed by atoms with Crippen molar-refractivity contribution in [2.75, 3.05) is 43.1 Å². The van der Waals surface area contributed by atoms with Crippen molar-refractivity contribution in [3.05, 3.63) is 65.7 Å². The van der Waals surface area contributed by atoms with Crippen LogP contribution in [0.2, 0.25) is 0 Å². The molecule has 0 saturated carbocycles. The lowest BCUT2D eigenvalue weighted by Crippen LogP contribution is -2.36. The highest BCUT2D eigenvalue weighted by atomic mass is 32.1. The normalized spacial score (nSPS) is 13.8. The van der Waals surface area contributed by atoms with Crippen LogP contribution in [0.5, 0.6) is 0 Å². The Morgan fingerprint density at radius 1 is 1.18 bits per heavy atom. The van der Waals surface area contributed by atoms with E-state index in [1.165, 1.54) is 5.69 Å². The van der Waals surface area contributed by atoms with Gasteiger partial charge < -0.3 is 19.7 Å². The van der Waals surface area contributed by atoms with Gasteiger partial charge in [0.15, 0.2) is 0 Å². The first kappa shape index (κ1) is 21.4. The summed E-state index contributed by atoms with van der Waals surface area (Å²) in [5.74, 6) is 0.208. The number of carbonyl (C=O) groups excluding carboxylic acids is 1. The van der Waals surface area contributed by atoms with Gasteiger partial charge in [-0.3, -0.25) is 0 Å². The average molecular weight is 461 g/mol. The summed E-state index contributed by atoms with van der Waals surface area (Å²) in [4.78, 5) is 23.7. The highest BCUT2D eigenvalue weighted by Crippen LogP contribution is 2.33. The number of hydrogen-bond acceptors (Lipinski definition) is 8. The summed E-state index contributed by atoms with van der Waals surface area (Å²) in [5.41, 5.74) is 5.37. The number of esters is 1. The molecule has 1 aliphatic rings. The predicted molar refractivity (Wildman–Crippen MR) is 132 cm³/mol. The first-order valence-electron chi connectivity index (χ1n) is 10.9. The SMILES string of the molecule is CCOC(=O)c1cccc(-c2csc3cnc(Nc4ccc(N5CCOCC5)cc4)nc23)c1. The van der Waals surface area contributed by atoms with Crippen molar-refractivity contribution in [2.24, 2.45) is 0 Å². The fourth-order valence-corrected chi connectivity index (χ4v) is 4.70. The van der Waals surface area contributed by atoms with Gasteiger partial charge in [0.2, 0.25) is 5.95 Å². The highest BCUT2D eigenvalue weighted by Gasteiger charge is 2.14. The van der Waals surface area contributed by atoms with Crippen LogP contribution in [-0.4, -0.2) is 48.8 Å². The van der Waals surface area contributed by atoms with Crippen LogP contribution >= 0.6 is 11.3 Å². The lowest BCUT2D eigenvalue weighted by Gasteiger charge is -2.28. The van der Waals surface area contributed by atoms with Crippen LogP contribution in [0.15, 0.2) is 60.1 Å². The molecule has 0 radical (unpaired) electrons. The molecule has 0 bridgehead atoms. The highest BCUT2D eigenvalue weighted by molar-refractivity contribution is 7.17. The lowest BCUT2D eigenvalue weighted by atomic mass is 10.0. The number of benzene rings is 2. The van der Waals surface area contributed by atoms with Crippen molar-refractivity contribution >= 4 is 44.8 Å². The smallest absolute Gasteiger partial charge is 0.338 e. The molecule has 0 unspecified atom stereocenters. The molecule has 1 aliphatic heterocycles. The van der Waals surface area contributed by atoms with E-state index >= 15 is 0 Å². The first-order chi connectivity index (χ1) is 16.2. The van der Waals surface area contributed by atoms with Crippen LogP contribution < -0.4 is 10.2 Å². The number of carbonyl (C=O) groups is 1. The second-order valence-electron chi connectivity index (χ2n) is 7.63. The van der Waals surface area contributed by atoms with E-state index in [2.05, 4.69) is 27.3 Å². The Morgan fingerprint density at radius 2 is 2.00 bits per heavy atom. The molecule has 5 rings (SSSR count). The fraction of sp³-hybridized carbons (Fsp3) is 0.240. The quantitative estimate of drug-likeness (QED) is 0.401. The Hall–Kier alpha value is -3.49. The van der Waals surface area contributed by atoms with Gasteiger partial charge in [-0.25, -0.2) is 14.8 Å². The van der Waals surface area contributed by atoms with Crippen molar-refractivity contribution in [2.45, 2.75) is 6.92 Å². The number of ether oxygens (including phenoxy) is 2. The average Bonchev–Trinajstić information content (AvgIpc) is 3.29. The summed E-state index contributed by atoms with van der Waals surface area (Å²) in [6.45, 7) is 5.49. The minimum absolute atomic E-state index is 0.323. The molecule has 7 nitrogen and oxygen atoms in total. The molecule has 2 aromatic carbocycles. The third-order valence-electron chi connectivity index (χ3n) is 5.50. The van der Waals surface area contributed by atoms with Crippen molar-refractivity contribution < 1.29 is 14.3 Å². The summed E-state index contributed by atoms with van der Waals surface area (Å²) in [6, 6.07) is 15.7. The van der Waals surface area contributed by atoms with E-state index in [0.29, 0.717) is 18.1 Å². The van der Waals surface area contributed by atoms with Crippen LogP contribution in [0.25, 0.3) is 21.3 Å². The third kappa shape index (κ3) is 4.67. The van der Waals surface area contributed by atoms with E-state index in [4.69, 9.17) is 14.5 Å². The van der Waals surface area contributed by atoms with Crippen molar-refractivity contribution in [1.29, 1.82) is 0 Å². The molecule has 1 saturated heterocycles. The maximum atomic E-state index is 12.1. The Bertz CT molecular complexity index is 1270. The number of thiophene rings is 1. The van der Waals surface area contributed by atoms with Crippen LogP contribution in [0.4, 0.5) is 17.3 Å². The fourth-order valence-electron chi connectivity index (χ4n) is 3.83. The Kier molecular flexibility index (Phi) is 6.19. The van der Waals surface area contributed by atoms with Gasteiger partial charge in [0.1, 0.15) is 0 Å². The van der Waals surface area contributed by atoms with Crippen LogP contribution in [0.3, 0.4) is 0 Å². The monoisotopic (exact) mass is 460 g/mol. The number of aromatic nitrogens is 2. The molecule has 168 valence electrons. The van der Waals surface area contributed by atoms with Crippen molar-refractivity contribution in [3.63, 3.8) is 0 Å². The topological polar surface area (TPSA) is 76.6 Å². The summed E-state index contributed by atoms with van der Waals surface area (Å²) in [5, 5.41) is 5.35. The van der Waals surface area contributed by atoms with Gasteiger partial charge in [0.05, 0.1) is 41.8 Å². The van der Waals surface area contributed by atoms with Gasteiger partial charge in [0, 0.05) is 35.4 Å². The Labute approximate surface area is 196 Å². The number of nitrogens with zero attached hydrogens (tertiary/aromatic N) is 3. The van der Waals surface area contributed by atoms with Crippen LogP contribution in [0.1, 0.15) is 17.3 Å². The van der Waals surface area contributed by atoms with E-state index in [9.17, 15) is 4.79 Å². The minimum Gasteiger partial charge on any atom is -0.462 e. The molecule has 1 fully saturated rings. The molecule has 0 spiro atoms. The molecule has 8 heteroatoms. The number of anilines is 3. The second kappa shape index (κ2) is 9.56. The summed E-state index contributed by atoms with van der Waals surface area (Å²) in [7, 11) is 0. The van der Waals surface area contributed by atoms with Gasteiger partial charge in [0.25, 0.3) is 0 Å².